The Morgan fingerprint density at radius 1 is 1.15 bits per heavy atom. The van der Waals surface area contributed by atoms with Gasteiger partial charge in [-0.15, -0.1) is 10.2 Å². The van der Waals surface area contributed by atoms with E-state index in [1.165, 1.54) is 6.42 Å². The number of aromatic nitrogens is 6. The van der Waals surface area contributed by atoms with Crippen molar-refractivity contribution in [1.82, 2.24) is 34.8 Å². The van der Waals surface area contributed by atoms with Gasteiger partial charge in [0.15, 0.2) is 0 Å². The van der Waals surface area contributed by atoms with Gasteiger partial charge in [-0.3, -0.25) is 10.00 Å². The van der Waals surface area contributed by atoms with E-state index in [1.54, 1.807) is 6.33 Å². The maximum Gasteiger partial charge on any atom is 0.433 e. The first-order valence-electron chi connectivity index (χ1n) is 13.6. The van der Waals surface area contributed by atoms with Crippen LogP contribution in [0.25, 0.3) is 22.2 Å². The van der Waals surface area contributed by atoms with Crippen LogP contribution < -0.4 is 0 Å². The Bertz CT molecular complexity index is 1430. The van der Waals surface area contributed by atoms with Gasteiger partial charge in [-0.1, -0.05) is 38.5 Å². The smallest absolute Gasteiger partial charge is 0.392 e. The number of fused-ring (bicyclic) bond motifs is 1. The Balaban J connectivity index is 0.00000151. The minimum atomic E-state index is -4.59. The highest BCUT2D eigenvalue weighted by molar-refractivity contribution is 5.94. The molecule has 2 aliphatic rings. The van der Waals surface area contributed by atoms with E-state index < -0.39 is 18.0 Å². The summed E-state index contributed by atoms with van der Waals surface area (Å²) < 4.78 is 43.5. The number of aromatic amines is 1. The Kier molecular flexibility index (Phi) is 7.73. The van der Waals surface area contributed by atoms with E-state index in [1.807, 2.05) is 54.6 Å². The third-order valence-corrected chi connectivity index (χ3v) is 7.71. The van der Waals surface area contributed by atoms with Crippen molar-refractivity contribution in [2.75, 3.05) is 13.1 Å². The molecule has 4 aromatic rings. The van der Waals surface area contributed by atoms with E-state index in [-0.39, 0.29) is 18.2 Å². The third-order valence-electron chi connectivity index (χ3n) is 7.71. The molecular weight excluding hydrogens is 507 g/mol. The number of rotatable bonds is 6. The summed E-state index contributed by atoms with van der Waals surface area (Å²) in [5.41, 5.74) is 2.06. The van der Waals surface area contributed by atoms with Gasteiger partial charge in [-0.25, -0.2) is 4.98 Å². The maximum atomic E-state index is 13.8. The van der Waals surface area contributed by atoms with Crippen LogP contribution >= 0.6 is 0 Å². The van der Waals surface area contributed by atoms with Crippen LogP contribution in [0.3, 0.4) is 0 Å². The van der Waals surface area contributed by atoms with Crippen LogP contribution in [0.1, 0.15) is 68.2 Å². The highest BCUT2D eigenvalue weighted by Gasteiger charge is 2.35. The van der Waals surface area contributed by atoms with Crippen LogP contribution in [0, 0.1) is 5.92 Å². The number of nitrogens with one attached hydrogen (secondary N) is 1. The summed E-state index contributed by atoms with van der Waals surface area (Å²) in [4.78, 5) is 5.88. The van der Waals surface area contributed by atoms with Crippen LogP contribution in [0.4, 0.5) is 13.2 Å². The molecule has 4 heterocycles. The minimum Gasteiger partial charge on any atom is -0.392 e. The Morgan fingerprint density at radius 3 is 2.56 bits per heavy atom. The molecule has 6 rings (SSSR count). The van der Waals surface area contributed by atoms with Crippen molar-refractivity contribution < 1.29 is 18.3 Å². The van der Waals surface area contributed by atoms with Crippen LogP contribution in [0.15, 0.2) is 36.7 Å². The highest BCUT2D eigenvalue weighted by atomic mass is 19.4. The van der Waals surface area contributed by atoms with Gasteiger partial charge in [0, 0.05) is 43.5 Å². The lowest BCUT2D eigenvalue weighted by Gasteiger charge is -2.33. The normalized spacial score (nSPS) is 19.1. The molecular formula is C28H34F3N7O. The third kappa shape index (κ3) is 5.42. The zero-order valence-corrected chi connectivity index (χ0v) is 22.4. The van der Waals surface area contributed by atoms with Gasteiger partial charge < -0.3 is 9.67 Å². The topological polar surface area (TPSA) is 95.8 Å². The number of alkyl halides is 3. The van der Waals surface area contributed by atoms with Crippen molar-refractivity contribution in [3.63, 3.8) is 0 Å². The van der Waals surface area contributed by atoms with Crippen molar-refractivity contribution in [1.29, 1.82) is 0 Å². The monoisotopic (exact) mass is 541 g/mol. The summed E-state index contributed by atoms with van der Waals surface area (Å²) in [6.45, 7) is 5.22. The number of nitrogens with zero attached hydrogens (tertiary/aromatic N) is 6. The summed E-state index contributed by atoms with van der Waals surface area (Å²) in [6, 6.07) is 8.93. The zero-order chi connectivity index (χ0) is 27.7. The number of H-pyrrole nitrogens is 1. The lowest BCUT2D eigenvalue weighted by molar-refractivity contribution is -0.141. The molecule has 1 saturated carbocycles. The largest absolute Gasteiger partial charge is 0.433 e. The van der Waals surface area contributed by atoms with Crippen LogP contribution in [-0.4, -0.2) is 59.1 Å². The molecule has 208 valence electrons. The number of aryl methyl sites for hydroxylation is 1. The van der Waals surface area contributed by atoms with E-state index in [0.29, 0.717) is 42.0 Å². The van der Waals surface area contributed by atoms with Crippen LogP contribution in [0.5, 0.6) is 0 Å². The predicted molar refractivity (Wildman–Crippen MR) is 142 cm³/mol. The van der Waals surface area contributed by atoms with Gasteiger partial charge in [-0.05, 0) is 42.9 Å². The molecule has 0 bridgehead atoms. The predicted octanol–water partition coefficient (Wildman–Crippen LogP) is 5.30. The molecule has 3 aromatic heterocycles. The summed E-state index contributed by atoms with van der Waals surface area (Å²) in [7, 11) is 1.93. The van der Waals surface area contributed by atoms with Crippen LogP contribution in [0.2, 0.25) is 0 Å². The summed E-state index contributed by atoms with van der Waals surface area (Å²) >= 11 is 0. The number of halogens is 3. The van der Waals surface area contributed by atoms with Gasteiger partial charge in [0.2, 0.25) is 0 Å². The molecule has 2 unspecified atom stereocenters. The fourth-order valence-corrected chi connectivity index (χ4v) is 5.59. The zero-order valence-electron chi connectivity index (χ0n) is 22.4. The van der Waals surface area contributed by atoms with Gasteiger partial charge in [0.25, 0.3) is 0 Å². The van der Waals surface area contributed by atoms with Crippen molar-refractivity contribution in [2.24, 2.45) is 13.0 Å². The molecule has 1 aliphatic carbocycles. The summed E-state index contributed by atoms with van der Waals surface area (Å²) in [6.07, 6.45) is 0.593. The number of β-amino-alcohol motifs (C(OH)–C–C–N with tert-alkyl or cyclic N) is 1. The molecule has 1 saturated heterocycles. The highest BCUT2D eigenvalue weighted by Crippen LogP contribution is 2.43. The Hall–Kier alpha value is -3.31. The molecule has 2 fully saturated rings. The molecule has 11 heteroatoms. The molecule has 0 radical (unpaired) electrons. The van der Waals surface area contributed by atoms with E-state index in [9.17, 15) is 18.3 Å². The average molecular weight is 542 g/mol. The van der Waals surface area contributed by atoms with Gasteiger partial charge >= 0.3 is 6.18 Å². The van der Waals surface area contributed by atoms with Crippen molar-refractivity contribution >= 4 is 10.9 Å². The van der Waals surface area contributed by atoms with Gasteiger partial charge in [0.05, 0.1) is 17.3 Å². The minimum absolute atomic E-state index is 0.0518. The van der Waals surface area contributed by atoms with Gasteiger partial charge in [0.1, 0.15) is 23.5 Å². The molecule has 2 N–H and O–H groups in total. The van der Waals surface area contributed by atoms with Crippen LogP contribution in [-0.2, 0) is 19.8 Å². The van der Waals surface area contributed by atoms with Crippen molar-refractivity contribution in [3.8, 4) is 11.3 Å². The molecule has 1 aromatic carbocycles. The molecule has 2 atom stereocenters. The Morgan fingerprint density at radius 2 is 1.95 bits per heavy atom. The Labute approximate surface area is 225 Å². The molecule has 39 heavy (non-hydrogen) atoms. The number of benzene rings is 1. The second-order valence-electron chi connectivity index (χ2n) is 10.2. The van der Waals surface area contributed by atoms with Crippen molar-refractivity contribution in [2.45, 2.75) is 64.3 Å². The molecule has 0 amide bonds. The summed E-state index contributed by atoms with van der Waals surface area (Å²) in [5.74, 6) is 1.38. The summed E-state index contributed by atoms with van der Waals surface area (Å²) in [5, 5.41) is 26.1. The number of pyridine rings is 1. The second kappa shape index (κ2) is 11.1. The average Bonchev–Trinajstić information content (AvgIpc) is 3.62. The first kappa shape index (κ1) is 27.3. The molecule has 0 spiro atoms. The standard InChI is InChI=1S/C26H28F3N7O.C2H6/c1-35-14-30-34-25(35)22(15-4-2-5-15)16-6-3-7-17(10-16)23-19-11-21(26(27,28)29)31-20(24(19)33-32-23)13-36-9-8-18(37)12-36;1-2/h3,6-7,10-11,14-15,18,22,37H,2,4-5,8-9,12-13H2,1H3,(H,32,33);1-2H3. The van der Waals surface area contributed by atoms with E-state index in [2.05, 4.69) is 25.4 Å². The lowest BCUT2D eigenvalue weighted by atomic mass is 9.72. The lowest BCUT2D eigenvalue weighted by Crippen LogP contribution is -2.24. The van der Waals surface area contributed by atoms with E-state index in [4.69, 9.17) is 0 Å². The number of aliphatic hydroxyl groups is 1. The van der Waals surface area contributed by atoms with Crippen molar-refractivity contribution in [3.05, 3.63) is 59.4 Å². The molecule has 8 nitrogen and oxygen atoms in total. The number of aliphatic hydroxyl groups excluding tert-OH is 1. The second-order valence-corrected chi connectivity index (χ2v) is 10.2. The molecule has 1 aliphatic heterocycles. The number of hydrogen-bond acceptors (Lipinski definition) is 6. The first-order chi connectivity index (χ1) is 18.8. The fraction of sp³-hybridized carbons (Fsp3) is 0.500. The van der Waals surface area contributed by atoms with Gasteiger partial charge in [-0.2, -0.15) is 18.3 Å². The number of hydrogen-bond donors (Lipinski definition) is 2. The number of likely N-dealkylation sites (tertiary alicyclic amines) is 1. The maximum absolute atomic E-state index is 13.8. The van der Waals surface area contributed by atoms with E-state index >= 15 is 0 Å². The fourth-order valence-electron chi connectivity index (χ4n) is 5.59. The van der Waals surface area contributed by atoms with E-state index in [0.717, 1.165) is 35.9 Å². The quantitative estimate of drug-likeness (QED) is 0.344. The SMILES string of the molecule is CC.Cn1cnnc1C(c1cccc(-c2n[nH]c3c(CN4CCC(O)C4)nc(C(F)(F)F)cc23)c1)C1CCC1. The first-order valence-corrected chi connectivity index (χ1v) is 13.6.